The summed E-state index contributed by atoms with van der Waals surface area (Å²) in [5.41, 5.74) is 0. The van der Waals surface area contributed by atoms with Gasteiger partial charge in [-0.15, -0.1) is 0 Å². The Morgan fingerprint density at radius 2 is 2.06 bits per heavy atom. The highest BCUT2D eigenvalue weighted by atomic mass is 16.5. The smallest absolute Gasteiger partial charge is 0.0597 e. The van der Waals surface area contributed by atoms with Gasteiger partial charge in [0.05, 0.1) is 13.2 Å². The lowest BCUT2D eigenvalue weighted by atomic mass is 10.2. The van der Waals surface area contributed by atoms with E-state index in [9.17, 15) is 5.11 Å². The molecule has 0 aromatic rings. The Kier molecular flexibility index (Phi) is 9.92. The first-order chi connectivity index (χ1) is 7.65. The first kappa shape index (κ1) is 15.8. The molecule has 1 unspecified atom stereocenters. The zero-order valence-electron chi connectivity index (χ0n) is 11.2. The third-order valence-corrected chi connectivity index (χ3v) is 2.67. The lowest BCUT2D eigenvalue weighted by Crippen LogP contribution is -2.47. The van der Waals surface area contributed by atoms with Crippen LogP contribution in [0.2, 0.25) is 0 Å². The molecule has 0 aromatic heterocycles. The van der Waals surface area contributed by atoms with Crippen LogP contribution in [0.1, 0.15) is 27.2 Å². The first-order valence-corrected chi connectivity index (χ1v) is 6.22. The van der Waals surface area contributed by atoms with E-state index in [4.69, 9.17) is 4.74 Å². The molecular weight excluding hydrogens is 204 g/mol. The van der Waals surface area contributed by atoms with Crippen LogP contribution in [0.4, 0.5) is 0 Å². The van der Waals surface area contributed by atoms with Crippen LogP contribution in [-0.4, -0.2) is 62.0 Å². The van der Waals surface area contributed by atoms with Gasteiger partial charge in [-0.3, -0.25) is 4.90 Å². The summed E-state index contributed by atoms with van der Waals surface area (Å²) in [6, 6.07) is 0.645. The monoisotopic (exact) mass is 232 g/mol. The van der Waals surface area contributed by atoms with Crippen LogP contribution >= 0.6 is 0 Å². The average molecular weight is 232 g/mol. The van der Waals surface area contributed by atoms with Crippen LogP contribution in [0.15, 0.2) is 0 Å². The van der Waals surface area contributed by atoms with E-state index >= 15 is 0 Å². The molecule has 4 nitrogen and oxygen atoms in total. The second-order valence-corrected chi connectivity index (χ2v) is 4.42. The van der Waals surface area contributed by atoms with Gasteiger partial charge in [0.25, 0.3) is 0 Å². The van der Waals surface area contributed by atoms with Gasteiger partial charge in [0, 0.05) is 32.3 Å². The molecule has 0 rings (SSSR count). The third kappa shape index (κ3) is 7.17. The Hall–Kier alpha value is -0.160. The predicted octanol–water partition coefficient (Wildman–Crippen LogP) is 0.704. The average Bonchev–Trinajstić information content (AvgIpc) is 2.28. The van der Waals surface area contributed by atoms with Crippen molar-refractivity contribution in [2.75, 3.05) is 40.0 Å². The van der Waals surface area contributed by atoms with Crippen molar-refractivity contribution < 1.29 is 9.84 Å². The zero-order chi connectivity index (χ0) is 12.4. The van der Waals surface area contributed by atoms with Crippen molar-refractivity contribution in [3.8, 4) is 0 Å². The van der Waals surface area contributed by atoms with E-state index in [0.29, 0.717) is 6.04 Å². The molecule has 0 aromatic carbocycles. The van der Waals surface area contributed by atoms with Crippen molar-refractivity contribution in [3.63, 3.8) is 0 Å². The molecule has 0 heterocycles. The predicted molar refractivity (Wildman–Crippen MR) is 67.8 cm³/mol. The lowest BCUT2D eigenvalue weighted by Gasteiger charge is -2.30. The molecule has 0 aliphatic carbocycles. The largest absolute Gasteiger partial charge is 0.395 e. The molecule has 0 fully saturated rings. The van der Waals surface area contributed by atoms with Crippen molar-refractivity contribution in [3.05, 3.63) is 0 Å². The minimum atomic E-state index is 0.166. The Morgan fingerprint density at radius 1 is 1.38 bits per heavy atom. The lowest BCUT2D eigenvalue weighted by molar-refractivity contribution is 0.109. The highest BCUT2D eigenvalue weighted by Gasteiger charge is 2.15. The molecule has 0 saturated carbocycles. The minimum absolute atomic E-state index is 0.166. The standard InChI is InChI=1S/C12H28N2O2/c1-5-6-13-12(10-15)9-14(11(2)3)7-8-16-4/h11-13,15H,5-10H2,1-4H3. The van der Waals surface area contributed by atoms with Gasteiger partial charge in [0.1, 0.15) is 0 Å². The molecule has 4 heteroatoms. The fourth-order valence-corrected chi connectivity index (χ4v) is 1.59. The molecule has 1 atom stereocenters. The summed E-state index contributed by atoms with van der Waals surface area (Å²) in [6.45, 7) is 10.2. The molecule has 0 bridgehead atoms. The van der Waals surface area contributed by atoms with Gasteiger partial charge in [0.2, 0.25) is 0 Å². The maximum Gasteiger partial charge on any atom is 0.0597 e. The highest BCUT2D eigenvalue weighted by molar-refractivity contribution is 4.73. The van der Waals surface area contributed by atoms with E-state index in [1.54, 1.807) is 7.11 Å². The maximum absolute atomic E-state index is 9.29. The molecule has 0 radical (unpaired) electrons. The van der Waals surface area contributed by atoms with Crippen LogP contribution < -0.4 is 5.32 Å². The fourth-order valence-electron chi connectivity index (χ4n) is 1.59. The van der Waals surface area contributed by atoms with Gasteiger partial charge in [-0.1, -0.05) is 6.92 Å². The van der Waals surface area contributed by atoms with E-state index in [1.807, 2.05) is 0 Å². The van der Waals surface area contributed by atoms with Crippen LogP contribution in [0.25, 0.3) is 0 Å². The molecule has 0 amide bonds. The van der Waals surface area contributed by atoms with Gasteiger partial charge in [-0.2, -0.15) is 0 Å². The van der Waals surface area contributed by atoms with Crippen LogP contribution in [-0.2, 0) is 4.74 Å². The van der Waals surface area contributed by atoms with E-state index in [-0.39, 0.29) is 12.6 Å². The van der Waals surface area contributed by atoms with Crippen molar-refractivity contribution in [1.29, 1.82) is 0 Å². The summed E-state index contributed by atoms with van der Waals surface area (Å²) in [7, 11) is 1.72. The zero-order valence-corrected chi connectivity index (χ0v) is 11.2. The fraction of sp³-hybridized carbons (Fsp3) is 1.00. The van der Waals surface area contributed by atoms with Crippen molar-refractivity contribution >= 4 is 0 Å². The SMILES string of the molecule is CCCNC(CO)CN(CCOC)C(C)C. The van der Waals surface area contributed by atoms with E-state index in [1.165, 1.54) is 0 Å². The first-order valence-electron chi connectivity index (χ1n) is 6.22. The molecule has 2 N–H and O–H groups in total. The number of hydrogen-bond acceptors (Lipinski definition) is 4. The summed E-state index contributed by atoms with van der Waals surface area (Å²) in [5, 5.41) is 12.6. The molecule has 98 valence electrons. The molecule has 0 aliphatic rings. The number of aliphatic hydroxyl groups is 1. The number of nitrogens with zero attached hydrogens (tertiary/aromatic N) is 1. The molecule has 0 spiro atoms. The Balaban J connectivity index is 4.01. The number of ether oxygens (including phenoxy) is 1. The quantitative estimate of drug-likeness (QED) is 0.582. The normalized spacial score (nSPS) is 13.7. The summed E-state index contributed by atoms with van der Waals surface area (Å²) < 4.78 is 5.09. The van der Waals surface area contributed by atoms with Crippen molar-refractivity contribution in [2.24, 2.45) is 0 Å². The van der Waals surface area contributed by atoms with Crippen LogP contribution in [0.3, 0.4) is 0 Å². The summed E-state index contributed by atoms with van der Waals surface area (Å²) in [5.74, 6) is 0. The maximum atomic E-state index is 9.29. The summed E-state index contributed by atoms with van der Waals surface area (Å²) in [4.78, 5) is 2.33. The van der Waals surface area contributed by atoms with E-state index in [0.717, 1.165) is 32.7 Å². The molecule has 16 heavy (non-hydrogen) atoms. The summed E-state index contributed by atoms with van der Waals surface area (Å²) in [6.07, 6.45) is 1.09. The van der Waals surface area contributed by atoms with Crippen LogP contribution in [0.5, 0.6) is 0 Å². The topological polar surface area (TPSA) is 44.7 Å². The minimum Gasteiger partial charge on any atom is -0.395 e. The number of nitrogens with one attached hydrogen (secondary N) is 1. The number of hydrogen-bond donors (Lipinski definition) is 2. The van der Waals surface area contributed by atoms with Gasteiger partial charge in [0.15, 0.2) is 0 Å². The van der Waals surface area contributed by atoms with Crippen molar-refractivity contribution in [1.82, 2.24) is 10.2 Å². The Bertz CT molecular complexity index is 154. The van der Waals surface area contributed by atoms with Gasteiger partial charge in [-0.05, 0) is 26.8 Å². The molecule has 0 saturated heterocycles. The Labute approximate surface area is 100.0 Å². The number of aliphatic hydroxyl groups excluding tert-OH is 1. The van der Waals surface area contributed by atoms with Crippen molar-refractivity contribution in [2.45, 2.75) is 39.3 Å². The van der Waals surface area contributed by atoms with Crippen LogP contribution in [0, 0.1) is 0 Å². The second kappa shape index (κ2) is 10.0. The van der Waals surface area contributed by atoms with E-state index < -0.39 is 0 Å². The van der Waals surface area contributed by atoms with E-state index in [2.05, 4.69) is 31.0 Å². The van der Waals surface area contributed by atoms with Gasteiger partial charge in [-0.25, -0.2) is 0 Å². The van der Waals surface area contributed by atoms with Gasteiger partial charge < -0.3 is 15.2 Å². The molecule has 0 aliphatic heterocycles. The number of methoxy groups -OCH3 is 1. The second-order valence-electron chi connectivity index (χ2n) is 4.42. The summed E-state index contributed by atoms with van der Waals surface area (Å²) >= 11 is 0. The Morgan fingerprint density at radius 3 is 2.50 bits per heavy atom. The third-order valence-electron chi connectivity index (χ3n) is 2.67. The molecular formula is C12H28N2O2. The highest BCUT2D eigenvalue weighted by Crippen LogP contribution is 2.00. The number of rotatable bonds is 10. The van der Waals surface area contributed by atoms with Gasteiger partial charge >= 0.3 is 0 Å².